The Morgan fingerprint density at radius 1 is 1.14 bits per heavy atom. The van der Waals surface area contributed by atoms with Crippen molar-refractivity contribution in [3.63, 3.8) is 0 Å². The highest BCUT2D eigenvalue weighted by Gasteiger charge is 2.30. The second-order valence-electron chi connectivity index (χ2n) is 7.04. The molecule has 0 amide bonds. The van der Waals surface area contributed by atoms with Gasteiger partial charge in [0.05, 0.1) is 12.3 Å². The molecule has 0 saturated heterocycles. The topological polar surface area (TPSA) is 59.4 Å². The molecule has 0 aliphatic rings. The van der Waals surface area contributed by atoms with Crippen molar-refractivity contribution in [3.05, 3.63) is 64.9 Å². The number of aryl methyl sites for hydroxylation is 1. The van der Waals surface area contributed by atoms with Crippen LogP contribution in [0.5, 0.6) is 5.75 Å². The lowest BCUT2D eigenvalue weighted by Crippen LogP contribution is -2.26. The third kappa shape index (κ3) is 5.58. The van der Waals surface area contributed by atoms with Gasteiger partial charge in [0.1, 0.15) is 16.3 Å². The Balaban J connectivity index is 1.56. The van der Waals surface area contributed by atoms with Crippen molar-refractivity contribution in [1.29, 1.82) is 0 Å². The van der Waals surface area contributed by atoms with Gasteiger partial charge in [0, 0.05) is 11.3 Å². The normalized spacial score (nSPS) is 11.4. The van der Waals surface area contributed by atoms with E-state index in [4.69, 9.17) is 4.74 Å². The summed E-state index contributed by atoms with van der Waals surface area (Å²) in [4.78, 5) is 16.9. The molecule has 2 aromatic carbocycles. The minimum absolute atomic E-state index is 0.250. The van der Waals surface area contributed by atoms with Gasteiger partial charge in [-0.15, -0.1) is 11.3 Å². The summed E-state index contributed by atoms with van der Waals surface area (Å²) in [6.45, 7) is 5.79. The molecule has 3 aromatic rings. The Kier molecular flexibility index (Phi) is 6.59. The smallest absolute Gasteiger partial charge is 0.319 e. The number of aromatic nitrogens is 1. The predicted molar refractivity (Wildman–Crippen MR) is 115 cm³/mol. The number of hydrogen-bond acceptors (Lipinski definition) is 5. The Labute approximate surface area is 177 Å². The predicted octanol–water partition coefficient (Wildman–Crippen LogP) is 5.83. The van der Waals surface area contributed by atoms with Crippen molar-refractivity contribution < 1.29 is 19.0 Å². The number of hydrogen-bond donors (Lipinski definition) is 1. The van der Waals surface area contributed by atoms with E-state index in [2.05, 4.69) is 4.98 Å². The first kappa shape index (κ1) is 21.3. The molecule has 0 saturated carbocycles. The fraction of sp³-hybridized carbons (Fsp3) is 0.273. The number of rotatable bonds is 8. The maximum Gasteiger partial charge on any atom is 0.319 e. The Morgan fingerprint density at radius 2 is 1.72 bits per heavy atom. The van der Waals surface area contributed by atoms with Crippen LogP contribution in [0.2, 0.25) is 0 Å². The molecule has 0 spiro atoms. The number of carbonyl (C=O) groups is 1. The van der Waals surface area contributed by atoms with Crippen LogP contribution in [0, 0.1) is 12.7 Å². The largest absolute Gasteiger partial charge is 0.493 e. The summed E-state index contributed by atoms with van der Waals surface area (Å²) in [7, 11) is 0. The third-order valence-electron chi connectivity index (χ3n) is 4.36. The third-order valence-corrected chi connectivity index (χ3v) is 6.82. The van der Waals surface area contributed by atoms with Crippen LogP contribution in [-0.2, 0) is 11.2 Å². The van der Waals surface area contributed by atoms with Crippen LogP contribution in [-0.4, -0.2) is 27.4 Å². The first-order valence-electron chi connectivity index (χ1n) is 9.12. The first-order chi connectivity index (χ1) is 13.7. The lowest BCUT2D eigenvalue weighted by Gasteiger charge is -2.15. The molecular formula is C22H22FNO3S2. The first-order valence-corrected chi connectivity index (χ1v) is 10.8. The van der Waals surface area contributed by atoms with E-state index in [-0.39, 0.29) is 5.82 Å². The quantitative estimate of drug-likeness (QED) is 0.455. The van der Waals surface area contributed by atoms with Gasteiger partial charge in [0.15, 0.2) is 4.34 Å². The fourth-order valence-electron chi connectivity index (χ4n) is 2.59. The molecule has 1 aromatic heterocycles. The van der Waals surface area contributed by atoms with Crippen molar-refractivity contribution in [2.75, 3.05) is 6.61 Å². The van der Waals surface area contributed by atoms with E-state index in [1.807, 2.05) is 31.2 Å². The van der Waals surface area contributed by atoms with Gasteiger partial charge in [-0.05, 0) is 56.2 Å². The number of carboxylic acid groups (broad SMARTS) is 1. The van der Waals surface area contributed by atoms with Crippen LogP contribution < -0.4 is 4.74 Å². The lowest BCUT2D eigenvalue weighted by atomic mass is 10.1. The molecule has 1 N–H and O–H groups in total. The summed E-state index contributed by atoms with van der Waals surface area (Å²) in [5.74, 6) is -0.343. The number of thioether (sulfide) groups is 1. The highest BCUT2D eigenvalue weighted by Crippen LogP contribution is 2.36. The Hall–Kier alpha value is -2.38. The molecular weight excluding hydrogens is 409 g/mol. The average molecular weight is 432 g/mol. The molecule has 152 valence electrons. The minimum atomic E-state index is -0.912. The molecule has 29 heavy (non-hydrogen) atoms. The van der Waals surface area contributed by atoms with Gasteiger partial charge < -0.3 is 9.84 Å². The zero-order valence-electron chi connectivity index (χ0n) is 16.4. The number of thiazole rings is 1. The number of ether oxygens (including phenoxy) is 1. The highest BCUT2D eigenvalue weighted by molar-refractivity contribution is 8.03. The second kappa shape index (κ2) is 8.97. The summed E-state index contributed by atoms with van der Waals surface area (Å²) in [6, 6.07) is 14.1. The molecule has 0 bridgehead atoms. The van der Waals surface area contributed by atoms with E-state index >= 15 is 0 Å². The molecule has 0 atom stereocenters. The highest BCUT2D eigenvalue weighted by atomic mass is 32.2. The van der Waals surface area contributed by atoms with Crippen LogP contribution in [0.15, 0.2) is 52.9 Å². The van der Waals surface area contributed by atoms with Crippen molar-refractivity contribution in [1.82, 2.24) is 4.98 Å². The maximum atomic E-state index is 13.0. The minimum Gasteiger partial charge on any atom is -0.493 e. The van der Waals surface area contributed by atoms with Crippen LogP contribution in [0.25, 0.3) is 11.1 Å². The van der Waals surface area contributed by atoms with Crippen LogP contribution in [0.1, 0.15) is 24.4 Å². The standard InChI is InChI=1S/C22H22FNO3S2/c1-14-19(28-21(24-14)29-22(2,3)20(25)26)12-13-27-18-10-6-16(7-11-18)15-4-8-17(23)9-5-15/h4-11H,12-13H2,1-3H3,(H,25,26). The van der Waals surface area contributed by atoms with Gasteiger partial charge in [-0.3, -0.25) is 4.79 Å². The summed E-state index contributed by atoms with van der Waals surface area (Å²) in [6.07, 6.45) is 0.706. The zero-order valence-corrected chi connectivity index (χ0v) is 18.1. The van der Waals surface area contributed by atoms with Gasteiger partial charge in [-0.1, -0.05) is 36.0 Å². The van der Waals surface area contributed by atoms with E-state index in [0.29, 0.717) is 13.0 Å². The number of benzene rings is 2. The van der Waals surface area contributed by atoms with Crippen molar-refractivity contribution in [2.24, 2.45) is 0 Å². The summed E-state index contributed by atoms with van der Waals surface area (Å²) in [5, 5.41) is 9.27. The van der Waals surface area contributed by atoms with Crippen LogP contribution in [0.3, 0.4) is 0 Å². The molecule has 0 aliphatic heterocycles. The molecule has 1 heterocycles. The number of carboxylic acids is 1. The zero-order chi connectivity index (χ0) is 21.0. The summed E-state index contributed by atoms with van der Waals surface area (Å²) < 4.78 is 18.7. The number of halogens is 1. The van der Waals surface area contributed by atoms with Crippen LogP contribution >= 0.6 is 23.1 Å². The Bertz CT molecular complexity index is 982. The van der Waals surface area contributed by atoms with Gasteiger partial charge in [-0.2, -0.15) is 0 Å². The molecule has 0 unspecified atom stereocenters. The number of nitrogens with zero attached hydrogens (tertiary/aromatic N) is 1. The van der Waals surface area contributed by atoms with Crippen molar-refractivity contribution >= 4 is 29.1 Å². The van der Waals surface area contributed by atoms with E-state index in [9.17, 15) is 14.3 Å². The van der Waals surface area contributed by atoms with E-state index in [1.165, 1.54) is 35.2 Å². The van der Waals surface area contributed by atoms with Gasteiger partial charge in [0.2, 0.25) is 0 Å². The van der Waals surface area contributed by atoms with Gasteiger partial charge in [0.25, 0.3) is 0 Å². The van der Waals surface area contributed by atoms with E-state index in [0.717, 1.165) is 31.8 Å². The monoisotopic (exact) mass is 431 g/mol. The van der Waals surface area contributed by atoms with Gasteiger partial charge >= 0.3 is 5.97 Å². The molecule has 0 aliphatic carbocycles. The summed E-state index contributed by atoms with van der Waals surface area (Å²) in [5.41, 5.74) is 2.86. The Morgan fingerprint density at radius 3 is 2.31 bits per heavy atom. The lowest BCUT2D eigenvalue weighted by molar-refractivity contribution is -0.138. The van der Waals surface area contributed by atoms with Crippen molar-refractivity contribution in [3.8, 4) is 16.9 Å². The van der Waals surface area contributed by atoms with Gasteiger partial charge in [-0.25, -0.2) is 9.37 Å². The number of aliphatic carboxylic acids is 1. The molecule has 7 heteroatoms. The fourth-order valence-corrected chi connectivity index (χ4v) is 5.16. The second-order valence-corrected chi connectivity index (χ2v) is 9.99. The molecule has 3 rings (SSSR count). The molecule has 0 radical (unpaired) electrons. The van der Waals surface area contributed by atoms with Crippen molar-refractivity contribution in [2.45, 2.75) is 36.3 Å². The summed E-state index contributed by atoms with van der Waals surface area (Å²) >= 11 is 2.78. The average Bonchev–Trinajstić information content (AvgIpc) is 3.01. The SMILES string of the molecule is Cc1nc(SC(C)(C)C(=O)O)sc1CCOc1ccc(-c2ccc(F)cc2)cc1. The molecule has 4 nitrogen and oxygen atoms in total. The maximum absolute atomic E-state index is 13.0. The molecule has 0 fully saturated rings. The van der Waals surface area contributed by atoms with E-state index in [1.54, 1.807) is 26.0 Å². The van der Waals surface area contributed by atoms with Crippen LogP contribution in [0.4, 0.5) is 4.39 Å². The van der Waals surface area contributed by atoms with E-state index < -0.39 is 10.7 Å².